The van der Waals surface area contributed by atoms with E-state index >= 15 is 0 Å². The summed E-state index contributed by atoms with van der Waals surface area (Å²) in [5.41, 5.74) is 1.18. The van der Waals surface area contributed by atoms with E-state index in [0.717, 1.165) is 0 Å². The Balaban J connectivity index is 1.93. The van der Waals surface area contributed by atoms with Gasteiger partial charge in [-0.15, -0.1) is 0 Å². The number of furan rings is 1. The lowest BCUT2D eigenvalue weighted by Crippen LogP contribution is -2.37. The van der Waals surface area contributed by atoms with Gasteiger partial charge in [0.2, 0.25) is 15.0 Å². The van der Waals surface area contributed by atoms with Gasteiger partial charge >= 0.3 is 0 Å². The van der Waals surface area contributed by atoms with Crippen LogP contribution in [0.25, 0.3) is 0 Å². The summed E-state index contributed by atoms with van der Waals surface area (Å²) in [5.74, 6) is 0.287. The fraction of sp³-hybridized carbons (Fsp3) is 0.391. The zero-order valence-corrected chi connectivity index (χ0v) is 20.0. The van der Waals surface area contributed by atoms with Crippen molar-refractivity contribution in [3.8, 4) is 5.75 Å². The molecule has 0 fully saturated rings. The number of ether oxygens (including phenoxy) is 2. The molecule has 0 aliphatic heterocycles. The summed E-state index contributed by atoms with van der Waals surface area (Å²) in [4.78, 5) is 18.8. The largest absolute Gasteiger partial charge is 0.497 e. The molecule has 33 heavy (non-hydrogen) atoms. The molecule has 178 valence electrons. The minimum absolute atomic E-state index is 0.0634. The standard InChI is InChI=1S/C23H29N3O6S/c1-17(2)26(22(27)21-9-6-11-32-21)15-19-14-24-23(25(19)10-12-30-3)33(28,29)16-18-7-5-8-20(13-18)31-4/h5-9,11,13-14,17H,10,12,15-16H2,1-4H3. The Morgan fingerprint density at radius 2 is 2.00 bits per heavy atom. The number of carbonyl (C=O) groups is 1. The van der Waals surface area contributed by atoms with Crippen LogP contribution in [0.15, 0.2) is 58.4 Å². The van der Waals surface area contributed by atoms with Crippen LogP contribution in [-0.4, -0.2) is 55.6 Å². The van der Waals surface area contributed by atoms with Crippen molar-refractivity contribution in [3.05, 3.63) is 65.9 Å². The zero-order chi connectivity index (χ0) is 24.0. The third-order valence-corrected chi connectivity index (χ3v) is 6.73. The van der Waals surface area contributed by atoms with Gasteiger partial charge < -0.3 is 23.4 Å². The number of methoxy groups -OCH3 is 2. The second-order valence-corrected chi connectivity index (χ2v) is 9.67. The summed E-state index contributed by atoms with van der Waals surface area (Å²) in [6, 6.07) is 10.0. The maximum Gasteiger partial charge on any atom is 0.290 e. The van der Waals surface area contributed by atoms with Crippen molar-refractivity contribution in [2.45, 2.75) is 43.9 Å². The van der Waals surface area contributed by atoms with Crippen molar-refractivity contribution in [2.75, 3.05) is 20.8 Å². The summed E-state index contributed by atoms with van der Waals surface area (Å²) in [7, 11) is -0.706. The highest BCUT2D eigenvalue weighted by Gasteiger charge is 2.27. The van der Waals surface area contributed by atoms with Crippen molar-refractivity contribution in [1.82, 2.24) is 14.5 Å². The van der Waals surface area contributed by atoms with E-state index in [1.54, 1.807) is 53.0 Å². The number of sulfone groups is 1. The molecule has 0 aliphatic rings. The summed E-state index contributed by atoms with van der Waals surface area (Å²) < 4.78 is 43.8. The number of hydrogen-bond donors (Lipinski definition) is 0. The minimum Gasteiger partial charge on any atom is -0.497 e. The highest BCUT2D eigenvalue weighted by Crippen LogP contribution is 2.22. The van der Waals surface area contributed by atoms with E-state index in [2.05, 4.69) is 4.98 Å². The molecule has 2 heterocycles. The number of aromatic nitrogens is 2. The van der Waals surface area contributed by atoms with Crippen LogP contribution in [0.2, 0.25) is 0 Å². The molecule has 0 saturated heterocycles. The molecular formula is C23H29N3O6S. The molecule has 0 saturated carbocycles. The molecule has 0 atom stereocenters. The van der Waals surface area contributed by atoms with Crippen molar-refractivity contribution in [1.29, 1.82) is 0 Å². The lowest BCUT2D eigenvalue weighted by atomic mass is 10.2. The van der Waals surface area contributed by atoms with E-state index in [9.17, 15) is 13.2 Å². The molecule has 9 nitrogen and oxygen atoms in total. The normalized spacial score (nSPS) is 11.7. The molecule has 10 heteroatoms. The quantitative estimate of drug-likeness (QED) is 0.420. The van der Waals surface area contributed by atoms with E-state index in [-0.39, 0.29) is 41.7 Å². The molecule has 0 unspecified atom stereocenters. The first kappa shape index (κ1) is 24.5. The fourth-order valence-corrected chi connectivity index (χ4v) is 4.94. The Morgan fingerprint density at radius 1 is 1.21 bits per heavy atom. The Morgan fingerprint density at radius 3 is 2.64 bits per heavy atom. The smallest absolute Gasteiger partial charge is 0.290 e. The monoisotopic (exact) mass is 475 g/mol. The topological polar surface area (TPSA) is 104 Å². The third kappa shape index (κ3) is 5.82. The number of benzene rings is 1. The molecule has 0 radical (unpaired) electrons. The summed E-state index contributed by atoms with van der Waals surface area (Å²) in [6.07, 6.45) is 2.94. The Kier molecular flexibility index (Phi) is 7.93. The van der Waals surface area contributed by atoms with Crippen LogP contribution in [-0.2, 0) is 33.4 Å². The van der Waals surface area contributed by atoms with E-state index in [1.807, 2.05) is 13.8 Å². The van der Waals surface area contributed by atoms with Crippen LogP contribution < -0.4 is 4.74 Å². The summed E-state index contributed by atoms with van der Waals surface area (Å²) >= 11 is 0. The van der Waals surface area contributed by atoms with Crippen molar-refractivity contribution in [2.24, 2.45) is 0 Å². The van der Waals surface area contributed by atoms with Gasteiger partial charge in [-0.1, -0.05) is 12.1 Å². The lowest BCUT2D eigenvalue weighted by molar-refractivity contribution is 0.0651. The van der Waals surface area contributed by atoms with Crippen LogP contribution >= 0.6 is 0 Å². The summed E-state index contributed by atoms with van der Waals surface area (Å²) in [6.45, 7) is 4.51. The van der Waals surface area contributed by atoms with Crippen LogP contribution in [0.5, 0.6) is 5.75 Å². The van der Waals surface area contributed by atoms with Crippen LogP contribution in [0.4, 0.5) is 0 Å². The maximum atomic E-state index is 13.3. The molecule has 2 aromatic heterocycles. The van der Waals surface area contributed by atoms with Crippen LogP contribution in [0.3, 0.4) is 0 Å². The van der Waals surface area contributed by atoms with Crippen LogP contribution in [0.1, 0.15) is 35.7 Å². The number of imidazole rings is 1. The molecule has 0 bridgehead atoms. The average molecular weight is 476 g/mol. The first-order valence-corrected chi connectivity index (χ1v) is 12.2. The maximum absolute atomic E-state index is 13.3. The van der Waals surface area contributed by atoms with Crippen molar-refractivity contribution in [3.63, 3.8) is 0 Å². The zero-order valence-electron chi connectivity index (χ0n) is 19.2. The molecule has 0 N–H and O–H groups in total. The van der Waals surface area contributed by atoms with E-state index in [4.69, 9.17) is 13.9 Å². The molecular weight excluding hydrogens is 446 g/mol. The van der Waals surface area contributed by atoms with Gasteiger partial charge in [0.05, 0.1) is 44.2 Å². The van der Waals surface area contributed by atoms with Gasteiger partial charge in [0.25, 0.3) is 5.91 Å². The molecule has 3 aromatic rings. The Bertz CT molecular complexity index is 1170. The molecule has 1 aromatic carbocycles. The number of nitrogens with zero attached hydrogens (tertiary/aromatic N) is 3. The minimum atomic E-state index is -3.78. The van der Waals surface area contributed by atoms with Gasteiger partial charge in [0.1, 0.15) is 5.75 Å². The van der Waals surface area contributed by atoms with Gasteiger partial charge in [-0.2, -0.15) is 0 Å². The number of hydrogen-bond acceptors (Lipinski definition) is 7. The lowest BCUT2D eigenvalue weighted by Gasteiger charge is -2.26. The number of rotatable bonds is 11. The highest BCUT2D eigenvalue weighted by atomic mass is 32.2. The second-order valence-electron chi connectivity index (χ2n) is 7.79. The second kappa shape index (κ2) is 10.7. The predicted molar refractivity (Wildman–Crippen MR) is 122 cm³/mol. The van der Waals surface area contributed by atoms with E-state index < -0.39 is 9.84 Å². The summed E-state index contributed by atoms with van der Waals surface area (Å²) in [5, 5.41) is -0.0634. The fourth-order valence-electron chi connectivity index (χ4n) is 3.44. The molecule has 1 amide bonds. The van der Waals surface area contributed by atoms with E-state index in [1.165, 1.54) is 19.6 Å². The predicted octanol–water partition coefficient (Wildman–Crippen LogP) is 3.16. The Hall–Kier alpha value is -3.11. The van der Waals surface area contributed by atoms with Crippen LogP contribution in [0, 0.1) is 0 Å². The number of carbonyl (C=O) groups excluding carboxylic acids is 1. The highest BCUT2D eigenvalue weighted by molar-refractivity contribution is 7.90. The first-order chi connectivity index (χ1) is 15.8. The molecule has 0 aliphatic carbocycles. The van der Waals surface area contributed by atoms with E-state index in [0.29, 0.717) is 23.6 Å². The van der Waals surface area contributed by atoms with Crippen molar-refractivity contribution >= 4 is 15.7 Å². The van der Waals surface area contributed by atoms with Gasteiger partial charge in [-0.3, -0.25) is 4.79 Å². The van der Waals surface area contributed by atoms with Gasteiger partial charge in [0.15, 0.2) is 5.76 Å². The third-order valence-electron chi connectivity index (χ3n) is 5.14. The van der Waals surface area contributed by atoms with Gasteiger partial charge in [-0.05, 0) is 43.7 Å². The van der Waals surface area contributed by atoms with Gasteiger partial charge in [-0.25, -0.2) is 13.4 Å². The van der Waals surface area contributed by atoms with Crippen molar-refractivity contribution < 1.29 is 27.1 Å². The first-order valence-electron chi connectivity index (χ1n) is 10.5. The molecule has 0 spiro atoms. The Labute approximate surface area is 193 Å². The van der Waals surface area contributed by atoms with Gasteiger partial charge in [0, 0.05) is 19.7 Å². The average Bonchev–Trinajstić information content (AvgIpc) is 3.45. The molecule has 3 rings (SSSR count). The number of amides is 1. The SMILES string of the molecule is COCCn1c(CN(C(=O)c2ccco2)C(C)C)cnc1S(=O)(=O)Cc1cccc(OC)c1.